The molecule has 0 aliphatic heterocycles. The predicted octanol–water partition coefficient (Wildman–Crippen LogP) is 8.67. The van der Waals surface area contributed by atoms with Crippen molar-refractivity contribution in [1.29, 1.82) is 0 Å². The van der Waals surface area contributed by atoms with Crippen molar-refractivity contribution in [3.8, 4) is 73.9 Å². The summed E-state index contributed by atoms with van der Waals surface area (Å²) in [6.45, 7) is 3.69. The van der Waals surface area contributed by atoms with Crippen LogP contribution >= 0.6 is 0 Å². The summed E-state index contributed by atoms with van der Waals surface area (Å²) in [5.74, 6) is 2.10. The zero-order valence-electron chi connectivity index (χ0n) is 30.6. The van der Waals surface area contributed by atoms with Crippen LogP contribution in [0.2, 0.25) is 0 Å². The van der Waals surface area contributed by atoms with Gasteiger partial charge in [0.1, 0.15) is 28.6 Å². The minimum Gasteiger partial charge on any atom is -0.573 e. The minimum atomic E-state index is -4.70. The molecule has 0 spiro atoms. The molecular weight excluding hydrogens is 844 g/mol. The maximum absolute atomic E-state index is 13.0. The first kappa shape index (κ1) is 42.0. The van der Waals surface area contributed by atoms with Gasteiger partial charge in [-0.15, -0.1) is 0 Å². The number of aromatic nitrogens is 8. The molecule has 6 aromatic heterocycles. The van der Waals surface area contributed by atoms with E-state index in [2.05, 4.69) is 40.3 Å². The minimum absolute atomic E-state index is 0. The van der Waals surface area contributed by atoms with Gasteiger partial charge >= 0.3 is 31.8 Å². The van der Waals surface area contributed by atoms with Crippen LogP contribution in [0.3, 0.4) is 0 Å². The number of hydrogen-bond acceptors (Lipinski definition) is 9. The van der Waals surface area contributed by atoms with Gasteiger partial charge in [0.2, 0.25) is 0 Å². The Morgan fingerprint density at radius 3 is 1.30 bits per heavy atom. The second kappa shape index (κ2) is 17.3. The zero-order valence-corrected chi connectivity index (χ0v) is 32.3. The number of halogens is 6. The fourth-order valence-electron chi connectivity index (χ4n) is 5.57. The second-order valence-electron chi connectivity index (χ2n) is 12.1. The molecule has 0 saturated carbocycles. The van der Waals surface area contributed by atoms with Crippen molar-refractivity contribution in [2.75, 3.05) is 21.3 Å². The molecule has 11 nitrogen and oxygen atoms in total. The summed E-state index contributed by atoms with van der Waals surface area (Å²) < 4.78 is 93.8. The summed E-state index contributed by atoms with van der Waals surface area (Å²) in [4.78, 5) is 17.6. The molecular formula is C39H30F6N8O3Ru. The van der Waals surface area contributed by atoms with Crippen LogP contribution in [0.5, 0.6) is 17.2 Å². The van der Waals surface area contributed by atoms with E-state index in [1.807, 2.05) is 56.3 Å². The zero-order chi connectivity index (χ0) is 40.2. The molecule has 57 heavy (non-hydrogen) atoms. The average molecular weight is 874 g/mol. The fourth-order valence-corrected chi connectivity index (χ4v) is 5.57. The predicted molar refractivity (Wildman–Crippen MR) is 193 cm³/mol. The molecule has 0 radical (unpaired) electrons. The Bertz CT molecular complexity index is 2330. The second-order valence-corrected chi connectivity index (χ2v) is 12.1. The van der Waals surface area contributed by atoms with Crippen molar-refractivity contribution in [3.63, 3.8) is 0 Å². The SMILES string of the molecule is COc1ccnc(-c2cc(OC)cc(-c3cc(OC)ccn3)n2)c1.Cc1cccc(C)c1-c1cc(-c2cc(C(F)(F)F)n[n-]2)nc(-c2cc(C(F)(F)F)n[n-]2)c1.[Ru+2]. The Morgan fingerprint density at radius 1 is 0.509 bits per heavy atom. The molecule has 0 atom stereocenters. The maximum Gasteiger partial charge on any atom is 2.00 e. The normalized spacial score (nSPS) is 11.3. The van der Waals surface area contributed by atoms with E-state index in [-0.39, 0.29) is 42.3 Å². The number of benzene rings is 1. The number of methoxy groups -OCH3 is 3. The Morgan fingerprint density at radius 2 is 0.912 bits per heavy atom. The van der Waals surface area contributed by atoms with E-state index in [1.54, 1.807) is 45.9 Å². The summed E-state index contributed by atoms with van der Waals surface area (Å²) in [5, 5.41) is 13.4. The van der Waals surface area contributed by atoms with Gasteiger partial charge in [0.15, 0.2) is 0 Å². The van der Waals surface area contributed by atoms with Gasteiger partial charge in [0.05, 0.1) is 55.5 Å². The Labute approximate surface area is 334 Å². The molecule has 0 amide bonds. The first-order chi connectivity index (χ1) is 26.7. The number of rotatable bonds is 8. The van der Waals surface area contributed by atoms with Crippen LogP contribution in [0, 0.1) is 13.8 Å². The van der Waals surface area contributed by atoms with Gasteiger partial charge in [0, 0.05) is 36.7 Å². The number of nitrogens with zero attached hydrogens (tertiary/aromatic N) is 8. The van der Waals surface area contributed by atoms with Crippen LogP contribution in [-0.2, 0) is 31.8 Å². The van der Waals surface area contributed by atoms with Crippen molar-refractivity contribution in [3.05, 3.63) is 114 Å². The molecule has 0 fully saturated rings. The van der Waals surface area contributed by atoms with E-state index in [9.17, 15) is 26.3 Å². The molecule has 1 aromatic carbocycles. The van der Waals surface area contributed by atoms with E-state index >= 15 is 0 Å². The van der Waals surface area contributed by atoms with Crippen LogP contribution in [0.4, 0.5) is 26.3 Å². The topological polar surface area (TPSA) is 133 Å². The number of pyridine rings is 4. The van der Waals surface area contributed by atoms with Crippen LogP contribution in [0.15, 0.2) is 91.3 Å². The largest absolute Gasteiger partial charge is 2.00 e. The molecule has 0 aliphatic rings. The Balaban J connectivity index is 0.000000222. The van der Waals surface area contributed by atoms with Crippen LogP contribution in [0.1, 0.15) is 22.5 Å². The number of alkyl halides is 6. The van der Waals surface area contributed by atoms with Crippen molar-refractivity contribution in [2.24, 2.45) is 0 Å². The van der Waals surface area contributed by atoms with Gasteiger partial charge in [-0.1, -0.05) is 29.6 Å². The van der Waals surface area contributed by atoms with Gasteiger partial charge in [-0.25, -0.2) is 4.98 Å². The van der Waals surface area contributed by atoms with Gasteiger partial charge < -0.3 is 34.6 Å². The van der Waals surface area contributed by atoms with Crippen molar-refractivity contribution >= 4 is 0 Å². The third kappa shape index (κ3) is 9.81. The van der Waals surface area contributed by atoms with E-state index in [0.29, 0.717) is 45.6 Å². The molecule has 0 bridgehead atoms. The summed E-state index contributed by atoms with van der Waals surface area (Å²) in [5.41, 5.74) is 3.07. The molecule has 0 saturated heterocycles. The average Bonchev–Trinajstić information content (AvgIpc) is 3.90. The van der Waals surface area contributed by atoms with Crippen LogP contribution < -0.4 is 24.4 Å². The molecule has 0 N–H and O–H groups in total. The molecule has 0 unspecified atom stereocenters. The van der Waals surface area contributed by atoms with Crippen molar-refractivity contribution in [1.82, 2.24) is 40.3 Å². The Kier molecular flexibility index (Phi) is 12.8. The molecule has 7 rings (SSSR count). The third-order valence-electron chi connectivity index (χ3n) is 8.27. The first-order valence-corrected chi connectivity index (χ1v) is 16.5. The van der Waals surface area contributed by atoms with E-state index in [1.165, 1.54) is 12.1 Å². The molecule has 294 valence electrons. The van der Waals surface area contributed by atoms with Gasteiger partial charge in [0.25, 0.3) is 0 Å². The van der Waals surface area contributed by atoms with Crippen LogP contribution in [0.25, 0.3) is 56.7 Å². The quantitative estimate of drug-likeness (QED) is 0.107. The van der Waals surface area contributed by atoms with E-state index in [4.69, 9.17) is 14.2 Å². The van der Waals surface area contributed by atoms with E-state index < -0.39 is 23.7 Å². The van der Waals surface area contributed by atoms with Crippen LogP contribution in [-0.4, -0.2) is 51.5 Å². The molecule has 18 heteroatoms. The smallest absolute Gasteiger partial charge is 0.573 e. The molecule has 6 heterocycles. The third-order valence-corrected chi connectivity index (χ3v) is 8.27. The number of ether oxygens (including phenoxy) is 3. The van der Waals surface area contributed by atoms with Gasteiger partial charge in [-0.05, 0) is 72.5 Å². The fraction of sp³-hybridized carbons (Fsp3) is 0.179. The number of hydrogen-bond donors (Lipinski definition) is 0. The summed E-state index contributed by atoms with van der Waals surface area (Å²) in [7, 11) is 4.84. The summed E-state index contributed by atoms with van der Waals surface area (Å²) in [6, 6.07) is 20.9. The maximum atomic E-state index is 13.0. The van der Waals surface area contributed by atoms with E-state index in [0.717, 1.165) is 28.8 Å². The van der Waals surface area contributed by atoms with Crippen molar-refractivity contribution in [2.45, 2.75) is 26.2 Å². The molecule has 0 aliphatic carbocycles. The van der Waals surface area contributed by atoms with Crippen molar-refractivity contribution < 1.29 is 60.0 Å². The summed E-state index contributed by atoms with van der Waals surface area (Å²) >= 11 is 0. The standard InChI is InChI=1S/C21H13F6N5.C18H17N3O3.Ru/c1-10-4-3-5-11(2)19(10)12-6-13(15-8-17(31-29-15)20(22,23)24)28-14(7-12)16-9-18(32-30-16)21(25,26)27;1-22-12-4-6-19-15(8-12)17-10-14(24-3)11-18(21-17)16-9-13(23-2)5-7-20-16;/h3-9H,1-2H3;4-11H,1-3H3;/q-2;;+2. The number of aryl methyl sites for hydroxylation is 2. The summed E-state index contributed by atoms with van der Waals surface area (Å²) in [6.07, 6.45) is -6.04. The Hall–Kier alpha value is -6.16. The van der Waals surface area contributed by atoms with Gasteiger partial charge in [-0.2, -0.15) is 26.3 Å². The first-order valence-electron chi connectivity index (χ1n) is 16.5. The monoisotopic (exact) mass is 874 g/mol. The van der Waals surface area contributed by atoms with Gasteiger partial charge in [-0.3, -0.25) is 15.0 Å². The molecule has 7 aromatic rings.